The Kier molecular flexibility index (Phi) is 5.73. The highest BCUT2D eigenvalue weighted by molar-refractivity contribution is 5.84. The van der Waals surface area contributed by atoms with E-state index in [1.807, 2.05) is 71.1 Å². The molecule has 0 aliphatic carbocycles. The zero-order chi connectivity index (χ0) is 23.7. The first kappa shape index (κ1) is 21.7. The van der Waals surface area contributed by atoms with Crippen LogP contribution in [0.25, 0.3) is 22.5 Å². The highest BCUT2D eigenvalue weighted by Crippen LogP contribution is 2.32. The molecule has 1 atom stereocenters. The Morgan fingerprint density at radius 2 is 1.82 bits per heavy atom. The molecule has 1 amide bonds. The molecule has 0 saturated heterocycles. The van der Waals surface area contributed by atoms with Crippen LogP contribution >= 0.6 is 0 Å². The average molecular weight is 456 g/mol. The number of nitrogens with two attached hydrogens (primary N) is 1. The van der Waals surface area contributed by atoms with E-state index >= 15 is 0 Å². The van der Waals surface area contributed by atoms with Gasteiger partial charge in [0.25, 0.3) is 5.91 Å². The zero-order valence-corrected chi connectivity index (χ0v) is 18.8. The average Bonchev–Trinajstić information content (AvgIpc) is 3.26. The first-order chi connectivity index (χ1) is 16.5. The highest BCUT2D eigenvalue weighted by atomic mass is 16.5. The predicted molar refractivity (Wildman–Crippen MR) is 130 cm³/mol. The van der Waals surface area contributed by atoms with Crippen LogP contribution in [0.5, 0.6) is 11.5 Å². The number of anilines is 1. The maximum absolute atomic E-state index is 12.1. The number of hydrogen-bond donors (Lipinski definition) is 2. The Balaban J connectivity index is 1.48. The van der Waals surface area contributed by atoms with Gasteiger partial charge in [-0.15, -0.1) is 0 Å². The third-order valence-corrected chi connectivity index (χ3v) is 5.86. The summed E-state index contributed by atoms with van der Waals surface area (Å²) in [6.45, 7) is 2.44. The number of nitrogen functional groups attached to an aromatic ring is 1. The quantitative estimate of drug-likeness (QED) is 0.475. The van der Waals surface area contributed by atoms with E-state index in [-0.39, 0.29) is 5.91 Å². The number of para-hydroxylation sites is 1. The molecule has 172 valence electrons. The lowest BCUT2D eigenvalue weighted by molar-refractivity contribution is -0.138. The summed E-state index contributed by atoms with van der Waals surface area (Å²) in [6.07, 6.45) is 3.29. The number of aromatic nitrogens is 3. The van der Waals surface area contributed by atoms with Gasteiger partial charge in [0, 0.05) is 24.8 Å². The summed E-state index contributed by atoms with van der Waals surface area (Å²) >= 11 is 0. The minimum absolute atomic E-state index is 0.267. The van der Waals surface area contributed by atoms with Gasteiger partial charge >= 0.3 is 0 Å². The van der Waals surface area contributed by atoms with Crippen LogP contribution in [0.4, 0.5) is 5.95 Å². The maximum Gasteiger partial charge on any atom is 0.251 e. The number of imidazole rings is 1. The molecule has 8 nitrogen and oxygen atoms in total. The van der Waals surface area contributed by atoms with Gasteiger partial charge in [-0.25, -0.2) is 9.97 Å². The molecule has 0 radical (unpaired) electrons. The number of benzene rings is 2. The number of nitrogens with zero attached hydrogens (tertiary/aromatic N) is 4. The normalized spacial score (nSPS) is 14.6. The minimum Gasteiger partial charge on any atom is -0.457 e. The van der Waals surface area contributed by atoms with Crippen molar-refractivity contribution in [2.75, 3.05) is 18.8 Å². The molecule has 1 aliphatic heterocycles. The fraction of sp³-hybridized carbons (Fsp3) is 0.192. The molecule has 0 bridgehead atoms. The highest BCUT2D eigenvalue weighted by Gasteiger charge is 2.24. The number of fused-ring (bicyclic) bond motifs is 1. The second kappa shape index (κ2) is 8.99. The van der Waals surface area contributed by atoms with E-state index in [0.717, 1.165) is 33.8 Å². The van der Waals surface area contributed by atoms with Crippen LogP contribution in [0.15, 0.2) is 72.9 Å². The van der Waals surface area contributed by atoms with Crippen LogP contribution in [-0.2, 0) is 4.79 Å². The molecule has 4 aromatic rings. The Morgan fingerprint density at radius 1 is 1.09 bits per heavy atom. The molecule has 2 aromatic heterocycles. The van der Waals surface area contributed by atoms with Gasteiger partial charge in [-0.3, -0.25) is 9.20 Å². The summed E-state index contributed by atoms with van der Waals surface area (Å²) in [5, 5.41) is 9.60. The summed E-state index contributed by atoms with van der Waals surface area (Å²) < 4.78 is 7.75. The lowest BCUT2D eigenvalue weighted by Gasteiger charge is -2.27. The first-order valence-corrected chi connectivity index (χ1v) is 11.1. The van der Waals surface area contributed by atoms with E-state index in [1.54, 1.807) is 11.1 Å². The summed E-state index contributed by atoms with van der Waals surface area (Å²) in [4.78, 5) is 23.0. The van der Waals surface area contributed by atoms with Gasteiger partial charge < -0.3 is 20.5 Å². The van der Waals surface area contributed by atoms with Crippen molar-refractivity contribution in [2.24, 2.45) is 0 Å². The first-order valence-electron chi connectivity index (χ1n) is 11.1. The molecular formula is C26H25N5O3. The van der Waals surface area contributed by atoms with Crippen molar-refractivity contribution in [2.45, 2.75) is 19.4 Å². The van der Waals surface area contributed by atoms with Crippen molar-refractivity contribution >= 4 is 22.9 Å². The third kappa shape index (κ3) is 4.11. The molecule has 0 fully saturated rings. The minimum atomic E-state index is -1.00. The maximum atomic E-state index is 12.1. The van der Waals surface area contributed by atoms with Crippen molar-refractivity contribution in [3.8, 4) is 22.9 Å². The summed E-state index contributed by atoms with van der Waals surface area (Å²) in [5.41, 5.74) is 9.84. The van der Waals surface area contributed by atoms with E-state index in [4.69, 9.17) is 15.5 Å². The summed E-state index contributed by atoms with van der Waals surface area (Å²) in [5.74, 6) is 2.25. The van der Waals surface area contributed by atoms with Gasteiger partial charge in [0.2, 0.25) is 5.95 Å². The van der Waals surface area contributed by atoms with E-state index in [9.17, 15) is 9.90 Å². The number of carbonyl (C=O) groups excluding carboxylic acids is 1. The number of aliphatic hydroxyl groups excluding tert-OH is 1. The van der Waals surface area contributed by atoms with E-state index in [1.165, 1.54) is 6.92 Å². The molecule has 3 N–H and O–H groups in total. The van der Waals surface area contributed by atoms with Gasteiger partial charge in [0.1, 0.15) is 23.4 Å². The van der Waals surface area contributed by atoms with Crippen LogP contribution in [0, 0.1) is 0 Å². The molecule has 5 rings (SSSR count). The molecule has 3 heterocycles. The molecular weight excluding hydrogens is 430 g/mol. The fourth-order valence-electron chi connectivity index (χ4n) is 4.14. The molecule has 1 aliphatic rings. The monoisotopic (exact) mass is 455 g/mol. The lowest BCUT2D eigenvalue weighted by Crippen LogP contribution is -2.40. The van der Waals surface area contributed by atoms with Crippen LogP contribution in [0.3, 0.4) is 0 Å². The Hall–Kier alpha value is -4.17. The lowest BCUT2D eigenvalue weighted by atomic mass is 10.0. The second-order valence-corrected chi connectivity index (χ2v) is 8.19. The van der Waals surface area contributed by atoms with Gasteiger partial charge in [-0.2, -0.15) is 0 Å². The summed E-state index contributed by atoms with van der Waals surface area (Å²) in [7, 11) is 0. The molecule has 0 spiro atoms. The Labute approximate surface area is 196 Å². The Bertz CT molecular complexity index is 1360. The van der Waals surface area contributed by atoms with Crippen LogP contribution in [0.2, 0.25) is 0 Å². The van der Waals surface area contributed by atoms with E-state index < -0.39 is 6.10 Å². The fourth-order valence-corrected chi connectivity index (χ4v) is 4.14. The van der Waals surface area contributed by atoms with Crippen molar-refractivity contribution in [3.05, 3.63) is 78.6 Å². The molecule has 2 aromatic carbocycles. The number of rotatable bonds is 5. The second-order valence-electron chi connectivity index (χ2n) is 8.19. The van der Waals surface area contributed by atoms with Crippen molar-refractivity contribution in [1.82, 2.24) is 19.3 Å². The number of carbonyl (C=O) groups is 1. The van der Waals surface area contributed by atoms with E-state index in [0.29, 0.717) is 31.3 Å². The van der Waals surface area contributed by atoms with Gasteiger partial charge in [0.15, 0.2) is 0 Å². The van der Waals surface area contributed by atoms with Gasteiger partial charge in [0.05, 0.1) is 11.2 Å². The predicted octanol–water partition coefficient (Wildman–Crippen LogP) is 3.77. The number of ether oxygens (including phenoxy) is 1. The molecule has 0 unspecified atom stereocenters. The largest absolute Gasteiger partial charge is 0.457 e. The number of amides is 1. The van der Waals surface area contributed by atoms with E-state index in [2.05, 4.69) is 4.98 Å². The number of hydrogen-bond acceptors (Lipinski definition) is 6. The Morgan fingerprint density at radius 3 is 2.50 bits per heavy atom. The molecule has 8 heteroatoms. The standard InChI is InChI=1S/C26H25N5O3/c1-17(32)25(33)30-15-12-18(13-16-30)23-22-11-14-28-26(27)31(22)24(29-23)19-7-9-21(10-8-19)34-20-5-3-2-4-6-20/h2-12,14,17,32H,13,15-16H2,1H3,(H2,27,28)/t17-/m0/s1. The van der Waals surface area contributed by atoms with Crippen LogP contribution in [0.1, 0.15) is 19.0 Å². The van der Waals surface area contributed by atoms with Crippen molar-refractivity contribution in [3.63, 3.8) is 0 Å². The van der Waals surface area contributed by atoms with Crippen LogP contribution < -0.4 is 10.5 Å². The zero-order valence-electron chi connectivity index (χ0n) is 18.8. The third-order valence-electron chi connectivity index (χ3n) is 5.86. The SMILES string of the molecule is C[C@H](O)C(=O)N1CC=C(c2nc(-c3ccc(Oc4ccccc4)cc3)n3c(N)nccc23)CC1. The van der Waals surface area contributed by atoms with Crippen molar-refractivity contribution < 1.29 is 14.6 Å². The molecule has 0 saturated carbocycles. The summed E-state index contributed by atoms with van der Waals surface area (Å²) in [6, 6.07) is 19.2. The van der Waals surface area contributed by atoms with Crippen molar-refractivity contribution in [1.29, 1.82) is 0 Å². The molecule has 34 heavy (non-hydrogen) atoms. The van der Waals surface area contributed by atoms with Gasteiger partial charge in [-0.05, 0) is 61.4 Å². The number of aliphatic hydroxyl groups is 1. The topological polar surface area (TPSA) is 106 Å². The smallest absolute Gasteiger partial charge is 0.251 e. The van der Waals surface area contributed by atoms with Gasteiger partial charge in [-0.1, -0.05) is 24.3 Å². The van der Waals surface area contributed by atoms with Crippen LogP contribution in [-0.4, -0.2) is 49.5 Å².